The summed E-state index contributed by atoms with van der Waals surface area (Å²) in [6.07, 6.45) is 0. The van der Waals surface area contributed by atoms with Gasteiger partial charge in [0, 0.05) is 0 Å². The average molecular weight is 459 g/mol. The number of amides is 1. The van der Waals surface area contributed by atoms with Gasteiger partial charge in [0.2, 0.25) is 0 Å². The van der Waals surface area contributed by atoms with E-state index in [2.05, 4.69) is 10.0 Å². The van der Waals surface area contributed by atoms with Crippen molar-refractivity contribution >= 4 is 33.2 Å². The van der Waals surface area contributed by atoms with Crippen molar-refractivity contribution in [3.63, 3.8) is 0 Å². The molecule has 2 N–H and O–H groups in total. The minimum Gasteiger partial charge on any atom is -0.494 e. The molecular formula is C23H23ClN2O4S. The number of benzene rings is 3. The normalized spacial score (nSPS) is 12.1. The van der Waals surface area contributed by atoms with Gasteiger partial charge >= 0.3 is 0 Å². The van der Waals surface area contributed by atoms with Crippen molar-refractivity contribution in [1.82, 2.24) is 5.32 Å². The molecule has 8 heteroatoms. The molecule has 1 atom stereocenters. The fourth-order valence-electron chi connectivity index (χ4n) is 2.95. The summed E-state index contributed by atoms with van der Waals surface area (Å²) in [4.78, 5) is 12.8. The summed E-state index contributed by atoms with van der Waals surface area (Å²) in [5, 5.41) is 3.04. The number of carbonyl (C=O) groups is 1. The molecule has 0 saturated carbocycles. The second-order valence-corrected chi connectivity index (χ2v) is 8.90. The SMILES string of the molecule is CCOc1ccc([C@H](C)NC(=O)c2ccc(NS(=O)(=O)c3ccccc3)cc2Cl)cc1. The molecule has 31 heavy (non-hydrogen) atoms. The summed E-state index contributed by atoms with van der Waals surface area (Å²) in [5.74, 6) is 0.408. The van der Waals surface area contributed by atoms with Crippen molar-refractivity contribution < 1.29 is 17.9 Å². The van der Waals surface area contributed by atoms with Crippen LogP contribution in [-0.4, -0.2) is 20.9 Å². The molecular weight excluding hydrogens is 436 g/mol. The maximum atomic E-state index is 12.7. The standard InChI is InChI=1S/C23H23ClN2O4S/c1-3-30-19-12-9-17(10-13-19)16(2)25-23(27)21-14-11-18(15-22(21)24)26-31(28,29)20-7-5-4-6-8-20/h4-16,26H,3H2,1-2H3,(H,25,27)/t16-/m0/s1. The molecule has 0 spiro atoms. The van der Waals surface area contributed by atoms with Crippen LogP contribution in [0.25, 0.3) is 0 Å². The number of anilines is 1. The predicted octanol–water partition coefficient (Wildman–Crippen LogP) is 5.03. The Morgan fingerprint density at radius 2 is 1.71 bits per heavy atom. The molecule has 0 fully saturated rings. The summed E-state index contributed by atoms with van der Waals surface area (Å²) >= 11 is 6.27. The van der Waals surface area contributed by atoms with Crippen molar-refractivity contribution in [2.24, 2.45) is 0 Å². The summed E-state index contributed by atoms with van der Waals surface area (Å²) < 4.78 is 32.8. The molecule has 0 heterocycles. The molecule has 0 saturated heterocycles. The number of ether oxygens (including phenoxy) is 1. The molecule has 6 nitrogen and oxygen atoms in total. The number of sulfonamides is 1. The quantitative estimate of drug-likeness (QED) is 0.495. The molecule has 0 bridgehead atoms. The lowest BCUT2D eigenvalue weighted by Gasteiger charge is -2.16. The van der Waals surface area contributed by atoms with Crippen molar-refractivity contribution in [3.8, 4) is 5.75 Å². The Morgan fingerprint density at radius 1 is 1.03 bits per heavy atom. The van der Waals surface area contributed by atoms with Gasteiger partial charge in [0.25, 0.3) is 15.9 Å². The van der Waals surface area contributed by atoms with E-state index in [4.69, 9.17) is 16.3 Å². The van der Waals surface area contributed by atoms with Crippen LogP contribution >= 0.6 is 11.6 Å². The van der Waals surface area contributed by atoms with Gasteiger partial charge in [0.05, 0.1) is 33.8 Å². The molecule has 0 aromatic heterocycles. The molecule has 1 amide bonds. The smallest absolute Gasteiger partial charge is 0.261 e. The second-order valence-electron chi connectivity index (χ2n) is 6.81. The predicted molar refractivity (Wildman–Crippen MR) is 122 cm³/mol. The lowest BCUT2D eigenvalue weighted by atomic mass is 10.1. The first-order valence-corrected chi connectivity index (χ1v) is 11.6. The molecule has 3 rings (SSSR count). The summed E-state index contributed by atoms with van der Waals surface area (Å²) in [5.41, 5.74) is 1.44. The molecule has 0 unspecified atom stereocenters. The first kappa shape index (κ1) is 22.7. The van der Waals surface area contributed by atoms with E-state index in [1.807, 2.05) is 38.1 Å². The number of carbonyl (C=O) groups excluding carboxylic acids is 1. The van der Waals surface area contributed by atoms with Crippen LogP contribution in [-0.2, 0) is 10.0 Å². The third-order valence-corrected chi connectivity index (χ3v) is 6.27. The van der Waals surface area contributed by atoms with Gasteiger partial charge in [-0.3, -0.25) is 9.52 Å². The van der Waals surface area contributed by atoms with E-state index in [1.54, 1.807) is 18.2 Å². The molecule has 162 valence electrons. The minimum atomic E-state index is -3.75. The van der Waals surface area contributed by atoms with E-state index >= 15 is 0 Å². The number of rotatable bonds is 8. The van der Waals surface area contributed by atoms with Crippen LogP contribution in [0.15, 0.2) is 77.7 Å². The van der Waals surface area contributed by atoms with Gasteiger partial charge in [-0.1, -0.05) is 41.9 Å². The fraction of sp³-hybridized carbons (Fsp3) is 0.174. The van der Waals surface area contributed by atoms with E-state index in [9.17, 15) is 13.2 Å². The summed E-state index contributed by atoms with van der Waals surface area (Å²) in [6, 6.07) is 19.6. The molecule has 0 aliphatic rings. The van der Waals surface area contributed by atoms with Crippen LogP contribution in [0.5, 0.6) is 5.75 Å². The van der Waals surface area contributed by atoms with Crippen LogP contribution < -0.4 is 14.8 Å². The highest BCUT2D eigenvalue weighted by Gasteiger charge is 2.17. The Hall–Kier alpha value is -3.03. The van der Waals surface area contributed by atoms with E-state index in [0.29, 0.717) is 6.61 Å². The largest absolute Gasteiger partial charge is 0.494 e. The highest BCUT2D eigenvalue weighted by Crippen LogP contribution is 2.24. The molecule has 3 aromatic rings. The van der Waals surface area contributed by atoms with Crippen molar-refractivity contribution in [3.05, 3.63) is 88.9 Å². The van der Waals surface area contributed by atoms with Crippen LogP contribution in [0.4, 0.5) is 5.69 Å². The van der Waals surface area contributed by atoms with Gasteiger partial charge in [-0.15, -0.1) is 0 Å². The first-order valence-electron chi connectivity index (χ1n) is 9.71. The number of hydrogen-bond acceptors (Lipinski definition) is 4. The van der Waals surface area contributed by atoms with Gasteiger partial charge in [-0.25, -0.2) is 8.42 Å². The molecule has 0 aliphatic heterocycles. The van der Waals surface area contributed by atoms with Crippen molar-refractivity contribution in [2.75, 3.05) is 11.3 Å². The van der Waals surface area contributed by atoms with E-state index < -0.39 is 10.0 Å². The van der Waals surface area contributed by atoms with Crippen molar-refractivity contribution in [2.45, 2.75) is 24.8 Å². The van der Waals surface area contributed by atoms with Crippen LogP contribution in [0.1, 0.15) is 35.8 Å². The number of nitrogens with one attached hydrogen (secondary N) is 2. The summed E-state index contributed by atoms with van der Waals surface area (Å²) in [6.45, 7) is 4.36. The van der Waals surface area contributed by atoms with Crippen LogP contribution in [0.2, 0.25) is 5.02 Å². The zero-order valence-corrected chi connectivity index (χ0v) is 18.7. The highest BCUT2D eigenvalue weighted by molar-refractivity contribution is 7.92. The monoisotopic (exact) mass is 458 g/mol. The summed E-state index contributed by atoms with van der Waals surface area (Å²) in [7, 11) is -3.75. The third kappa shape index (κ3) is 5.77. The van der Waals surface area contributed by atoms with Crippen LogP contribution in [0.3, 0.4) is 0 Å². The third-order valence-electron chi connectivity index (χ3n) is 4.56. The van der Waals surface area contributed by atoms with Crippen LogP contribution in [0, 0.1) is 0 Å². The molecule has 0 aliphatic carbocycles. The maximum Gasteiger partial charge on any atom is 0.261 e. The highest BCUT2D eigenvalue weighted by atomic mass is 35.5. The van der Waals surface area contributed by atoms with E-state index in [0.717, 1.165) is 11.3 Å². The Morgan fingerprint density at radius 3 is 2.32 bits per heavy atom. The zero-order valence-electron chi connectivity index (χ0n) is 17.1. The zero-order chi connectivity index (χ0) is 22.4. The van der Waals surface area contributed by atoms with Gasteiger partial charge in [0.1, 0.15) is 5.75 Å². The van der Waals surface area contributed by atoms with E-state index in [-0.39, 0.29) is 33.1 Å². The van der Waals surface area contributed by atoms with E-state index in [1.165, 1.54) is 30.3 Å². The molecule has 3 aromatic carbocycles. The average Bonchev–Trinajstić information content (AvgIpc) is 2.75. The van der Waals surface area contributed by atoms with Gasteiger partial charge in [-0.2, -0.15) is 0 Å². The number of hydrogen-bond donors (Lipinski definition) is 2. The first-order chi connectivity index (χ1) is 14.8. The van der Waals surface area contributed by atoms with Crippen molar-refractivity contribution in [1.29, 1.82) is 0 Å². The Bertz CT molecular complexity index is 1150. The lowest BCUT2D eigenvalue weighted by Crippen LogP contribution is -2.27. The molecule has 0 radical (unpaired) electrons. The second kappa shape index (κ2) is 9.85. The Balaban J connectivity index is 1.69. The minimum absolute atomic E-state index is 0.136. The van der Waals surface area contributed by atoms with Gasteiger partial charge < -0.3 is 10.1 Å². The Kier molecular flexibility index (Phi) is 7.20. The Labute approximate surface area is 187 Å². The topological polar surface area (TPSA) is 84.5 Å². The van der Waals surface area contributed by atoms with Gasteiger partial charge in [-0.05, 0) is 61.9 Å². The lowest BCUT2D eigenvalue weighted by molar-refractivity contribution is 0.0940. The fourth-order valence-corrected chi connectivity index (χ4v) is 4.29. The maximum absolute atomic E-state index is 12.7. The number of halogens is 1. The van der Waals surface area contributed by atoms with Gasteiger partial charge in [0.15, 0.2) is 0 Å².